The normalized spacial score (nSPS) is 12.8. The number of nitrogens with zero attached hydrogens (tertiary/aromatic N) is 2. The van der Waals surface area contributed by atoms with Crippen LogP contribution in [-0.4, -0.2) is 10.8 Å². The highest BCUT2D eigenvalue weighted by Gasteiger charge is 2.30. The lowest BCUT2D eigenvalue weighted by molar-refractivity contribution is -0.137. The predicted octanol–water partition coefficient (Wildman–Crippen LogP) is 4.99. The van der Waals surface area contributed by atoms with Crippen molar-refractivity contribution < 1.29 is 13.2 Å². The first-order chi connectivity index (χ1) is 10.8. The molecule has 3 rings (SSSR count). The summed E-state index contributed by atoms with van der Waals surface area (Å²) in [7, 11) is 0. The van der Waals surface area contributed by atoms with Gasteiger partial charge in [-0.05, 0) is 37.3 Å². The topological polar surface area (TPSA) is 51.3 Å². The minimum absolute atomic E-state index is 0.447. The molecule has 118 valence electrons. The summed E-state index contributed by atoms with van der Waals surface area (Å²) in [5.74, 6) is 0.447. The summed E-state index contributed by atoms with van der Waals surface area (Å²) in [4.78, 5) is 8.63. The Morgan fingerprint density at radius 1 is 1.13 bits per heavy atom. The van der Waals surface area contributed by atoms with Gasteiger partial charge in [-0.2, -0.15) is 13.2 Å². The Labute approximate surface area is 134 Å². The summed E-state index contributed by atoms with van der Waals surface area (Å²) in [6.07, 6.45) is -4.33. The van der Waals surface area contributed by atoms with Gasteiger partial charge in [-0.1, -0.05) is 12.1 Å². The smallest absolute Gasteiger partial charge is 0.387 e. The molecular formula is C16H12F3N3S. The van der Waals surface area contributed by atoms with Crippen molar-refractivity contribution in [3.63, 3.8) is 0 Å². The van der Waals surface area contributed by atoms with E-state index in [1.807, 2.05) is 12.1 Å². The number of aliphatic imine (C=N–C) groups is 1. The Morgan fingerprint density at radius 2 is 1.83 bits per heavy atom. The van der Waals surface area contributed by atoms with E-state index in [0.717, 1.165) is 22.3 Å². The lowest BCUT2D eigenvalue weighted by Gasteiger charge is -2.06. The number of aromatic nitrogens is 1. The molecule has 0 spiro atoms. The van der Waals surface area contributed by atoms with Crippen molar-refractivity contribution in [3.8, 4) is 10.6 Å². The van der Waals surface area contributed by atoms with Crippen LogP contribution in [-0.2, 0) is 6.18 Å². The molecule has 0 radical (unpaired) electrons. The van der Waals surface area contributed by atoms with Crippen LogP contribution in [0, 0.1) is 0 Å². The molecule has 23 heavy (non-hydrogen) atoms. The monoisotopic (exact) mass is 335 g/mol. The molecule has 0 aliphatic rings. The van der Waals surface area contributed by atoms with Gasteiger partial charge in [0.15, 0.2) is 0 Å². The summed E-state index contributed by atoms with van der Waals surface area (Å²) >= 11 is 1.42. The number of halogens is 3. The third kappa shape index (κ3) is 3.34. The van der Waals surface area contributed by atoms with Crippen LogP contribution in [0.15, 0.2) is 47.5 Å². The second-order valence-electron chi connectivity index (χ2n) is 5.00. The Balaban J connectivity index is 1.98. The van der Waals surface area contributed by atoms with E-state index in [1.54, 1.807) is 13.0 Å². The molecule has 7 heteroatoms. The van der Waals surface area contributed by atoms with Crippen molar-refractivity contribution >= 4 is 33.1 Å². The molecule has 0 atom stereocenters. The number of hydrogen-bond donors (Lipinski definition) is 1. The van der Waals surface area contributed by atoms with Gasteiger partial charge in [-0.25, -0.2) is 9.98 Å². The van der Waals surface area contributed by atoms with Crippen LogP contribution in [0.4, 0.5) is 18.9 Å². The average molecular weight is 335 g/mol. The van der Waals surface area contributed by atoms with Gasteiger partial charge in [0.1, 0.15) is 5.01 Å². The highest BCUT2D eigenvalue weighted by atomic mass is 32.1. The van der Waals surface area contributed by atoms with Gasteiger partial charge in [0.25, 0.3) is 0 Å². The number of thiazole rings is 1. The Kier molecular flexibility index (Phi) is 3.81. The van der Waals surface area contributed by atoms with Crippen molar-refractivity contribution in [1.29, 1.82) is 0 Å². The molecule has 0 bridgehead atoms. The molecule has 0 saturated heterocycles. The standard InChI is InChI=1S/C16H12F3N3S/c1-9(20)21-12-6-7-14-13(8-12)22-15(23-14)10-2-4-11(5-3-10)16(17,18)19/h2-8H,1H3,(H2,20,21). The van der Waals surface area contributed by atoms with Crippen LogP contribution in [0.2, 0.25) is 0 Å². The van der Waals surface area contributed by atoms with Gasteiger partial charge in [-0.15, -0.1) is 11.3 Å². The summed E-state index contributed by atoms with van der Waals surface area (Å²) < 4.78 is 38.7. The number of nitrogens with two attached hydrogens (primary N) is 1. The SMILES string of the molecule is CC(N)=Nc1ccc2sc(-c3ccc(C(F)(F)F)cc3)nc2c1. The summed E-state index contributed by atoms with van der Waals surface area (Å²) in [5.41, 5.74) is 6.98. The van der Waals surface area contributed by atoms with E-state index >= 15 is 0 Å². The Bertz CT molecular complexity index is 876. The van der Waals surface area contributed by atoms with Crippen LogP contribution >= 0.6 is 11.3 Å². The zero-order chi connectivity index (χ0) is 16.6. The molecule has 0 saturated carbocycles. The van der Waals surface area contributed by atoms with Crippen LogP contribution in [0.25, 0.3) is 20.8 Å². The van der Waals surface area contributed by atoms with Gasteiger partial charge >= 0.3 is 6.18 Å². The maximum Gasteiger partial charge on any atom is 0.416 e. The third-order valence-corrected chi connectivity index (χ3v) is 4.22. The largest absolute Gasteiger partial charge is 0.416 e. The Morgan fingerprint density at radius 3 is 2.43 bits per heavy atom. The van der Waals surface area contributed by atoms with Crippen LogP contribution in [0.3, 0.4) is 0 Å². The maximum absolute atomic E-state index is 12.6. The Hall–Kier alpha value is -2.41. The van der Waals surface area contributed by atoms with E-state index in [-0.39, 0.29) is 0 Å². The lowest BCUT2D eigenvalue weighted by atomic mass is 10.1. The first kappa shape index (κ1) is 15.5. The van der Waals surface area contributed by atoms with E-state index in [4.69, 9.17) is 5.73 Å². The van der Waals surface area contributed by atoms with E-state index < -0.39 is 11.7 Å². The molecule has 3 nitrogen and oxygen atoms in total. The van der Waals surface area contributed by atoms with Crippen LogP contribution in [0.1, 0.15) is 12.5 Å². The number of hydrogen-bond acceptors (Lipinski definition) is 3. The average Bonchev–Trinajstić information content (AvgIpc) is 2.89. The number of benzene rings is 2. The van der Waals surface area contributed by atoms with E-state index in [1.165, 1.54) is 23.5 Å². The molecular weight excluding hydrogens is 323 g/mol. The molecule has 2 aromatic carbocycles. The molecule has 0 aliphatic carbocycles. The first-order valence-corrected chi connectivity index (χ1v) is 7.53. The fourth-order valence-electron chi connectivity index (χ4n) is 2.11. The molecule has 2 N–H and O–H groups in total. The lowest BCUT2D eigenvalue weighted by Crippen LogP contribution is -2.03. The number of fused-ring (bicyclic) bond motifs is 1. The fourth-order valence-corrected chi connectivity index (χ4v) is 3.07. The maximum atomic E-state index is 12.6. The third-order valence-electron chi connectivity index (χ3n) is 3.14. The van der Waals surface area contributed by atoms with E-state index in [0.29, 0.717) is 22.1 Å². The van der Waals surface area contributed by atoms with Gasteiger partial charge in [0.2, 0.25) is 0 Å². The molecule has 0 unspecified atom stereocenters. The van der Waals surface area contributed by atoms with Gasteiger partial charge in [-0.3, -0.25) is 0 Å². The van der Waals surface area contributed by atoms with Crippen molar-refractivity contribution in [3.05, 3.63) is 48.0 Å². The zero-order valence-corrected chi connectivity index (χ0v) is 12.9. The molecule has 1 aromatic heterocycles. The van der Waals surface area contributed by atoms with Crippen LogP contribution < -0.4 is 5.73 Å². The van der Waals surface area contributed by atoms with Gasteiger partial charge in [0, 0.05) is 5.56 Å². The van der Waals surface area contributed by atoms with Crippen molar-refractivity contribution in [2.45, 2.75) is 13.1 Å². The number of alkyl halides is 3. The van der Waals surface area contributed by atoms with E-state index in [9.17, 15) is 13.2 Å². The van der Waals surface area contributed by atoms with Crippen molar-refractivity contribution in [1.82, 2.24) is 4.98 Å². The zero-order valence-electron chi connectivity index (χ0n) is 12.1. The van der Waals surface area contributed by atoms with Crippen molar-refractivity contribution in [2.75, 3.05) is 0 Å². The number of amidine groups is 1. The molecule has 3 aromatic rings. The molecule has 0 amide bonds. The highest BCUT2D eigenvalue weighted by Crippen LogP contribution is 2.34. The molecule has 1 heterocycles. The quantitative estimate of drug-likeness (QED) is 0.530. The summed E-state index contributed by atoms with van der Waals surface area (Å²) in [5, 5.41) is 0.666. The number of rotatable bonds is 2. The molecule has 0 aliphatic heterocycles. The second kappa shape index (κ2) is 5.66. The second-order valence-corrected chi connectivity index (χ2v) is 6.03. The van der Waals surface area contributed by atoms with E-state index in [2.05, 4.69) is 9.98 Å². The highest BCUT2D eigenvalue weighted by molar-refractivity contribution is 7.21. The summed E-state index contributed by atoms with van der Waals surface area (Å²) in [6, 6.07) is 10.5. The first-order valence-electron chi connectivity index (χ1n) is 6.72. The van der Waals surface area contributed by atoms with Gasteiger partial charge < -0.3 is 5.73 Å². The van der Waals surface area contributed by atoms with Gasteiger partial charge in [0.05, 0.1) is 27.3 Å². The predicted molar refractivity (Wildman–Crippen MR) is 87.0 cm³/mol. The summed E-state index contributed by atoms with van der Waals surface area (Å²) in [6.45, 7) is 1.69. The molecule has 0 fully saturated rings. The minimum Gasteiger partial charge on any atom is -0.387 e. The minimum atomic E-state index is -4.33. The van der Waals surface area contributed by atoms with Crippen molar-refractivity contribution in [2.24, 2.45) is 10.7 Å². The fraction of sp³-hybridized carbons (Fsp3) is 0.125. The van der Waals surface area contributed by atoms with Crippen LogP contribution in [0.5, 0.6) is 0 Å².